The largest absolute Gasteiger partial charge is 0.495 e. The highest BCUT2D eigenvalue weighted by molar-refractivity contribution is 6.32. The van der Waals surface area contributed by atoms with E-state index in [4.69, 9.17) is 21.4 Å². The van der Waals surface area contributed by atoms with Crippen molar-refractivity contribution in [2.45, 2.75) is 19.3 Å². The van der Waals surface area contributed by atoms with Crippen molar-refractivity contribution in [2.75, 3.05) is 7.11 Å². The molecule has 0 fully saturated rings. The Morgan fingerprint density at radius 3 is 2.73 bits per heavy atom. The maximum atomic E-state index is 11.0. The van der Waals surface area contributed by atoms with Gasteiger partial charge in [-0.2, -0.15) is 0 Å². The highest BCUT2D eigenvalue weighted by Crippen LogP contribution is 2.34. The summed E-state index contributed by atoms with van der Waals surface area (Å²) >= 11 is 5.92. The fourth-order valence-electron chi connectivity index (χ4n) is 1.54. The number of carboxylic acid groups (broad SMARTS) is 1. The molecule has 0 radical (unpaired) electrons. The summed E-state index contributed by atoms with van der Waals surface area (Å²) in [6.07, 6.45) is 0.506. The van der Waals surface area contributed by atoms with E-state index in [2.05, 4.69) is 0 Å². The first-order chi connectivity index (χ1) is 7.11. The molecule has 82 valence electrons. The Morgan fingerprint density at radius 1 is 1.60 bits per heavy atom. The molecule has 3 nitrogen and oxygen atoms in total. The van der Waals surface area contributed by atoms with E-state index in [0.29, 0.717) is 22.8 Å². The molecular weight excluding hydrogens is 216 g/mol. The summed E-state index contributed by atoms with van der Waals surface area (Å²) in [5, 5.41) is 9.48. The number of methoxy groups -OCH3 is 1. The van der Waals surface area contributed by atoms with Gasteiger partial charge in [-0.25, -0.2) is 0 Å². The van der Waals surface area contributed by atoms with Crippen LogP contribution in [0, 0.1) is 0 Å². The first kappa shape index (κ1) is 11.9. The Balaban J connectivity index is 3.22. The Kier molecular flexibility index (Phi) is 3.97. The number of para-hydroxylation sites is 1. The lowest BCUT2D eigenvalue weighted by molar-refractivity contribution is -0.138. The summed E-state index contributed by atoms with van der Waals surface area (Å²) < 4.78 is 5.11. The highest BCUT2D eigenvalue weighted by atomic mass is 35.5. The molecule has 0 heterocycles. The molecule has 1 rings (SSSR count). The van der Waals surface area contributed by atoms with Gasteiger partial charge in [0.2, 0.25) is 0 Å². The van der Waals surface area contributed by atoms with Gasteiger partial charge >= 0.3 is 5.97 Å². The van der Waals surface area contributed by atoms with Crippen LogP contribution in [0.25, 0.3) is 0 Å². The first-order valence-electron chi connectivity index (χ1n) is 4.67. The number of carboxylic acids is 1. The molecule has 15 heavy (non-hydrogen) atoms. The minimum atomic E-state index is -0.863. The van der Waals surface area contributed by atoms with Gasteiger partial charge in [0.05, 0.1) is 18.1 Å². The van der Waals surface area contributed by atoms with Crippen LogP contribution in [0.2, 0.25) is 5.02 Å². The van der Waals surface area contributed by atoms with Gasteiger partial charge in [0.15, 0.2) is 0 Å². The van der Waals surface area contributed by atoms with Gasteiger partial charge in [-0.05, 0) is 12.5 Å². The van der Waals surface area contributed by atoms with E-state index in [0.717, 1.165) is 0 Å². The van der Waals surface area contributed by atoms with E-state index >= 15 is 0 Å². The van der Waals surface area contributed by atoms with Crippen molar-refractivity contribution in [2.24, 2.45) is 0 Å². The van der Waals surface area contributed by atoms with Gasteiger partial charge < -0.3 is 9.84 Å². The topological polar surface area (TPSA) is 46.5 Å². The van der Waals surface area contributed by atoms with E-state index < -0.39 is 11.9 Å². The highest BCUT2D eigenvalue weighted by Gasteiger charge is 2.22. The number of rotatable bonds is 4. The number of ether oxygens (including phenoxy) is 1. The number of aliphatic carboxylic acids is 1. The molecular formula is C11H13ClO3. The molecule has 0 spiro atoms. The SMILES string of the molecule is CCC(C(=O)O)c1cccc(Cl)c1OC. The molecule has 1 atom stereocenters. The lowest BCUT2D eigenvalue weighted by Gasteiger charge is -2.15. The molecule has 1 aromatic rings. The summed E-state index contributed by atoms with van der Waals surface area (Å²) in [4.78, 5) is 11.0. The zero-order chi connectivity index (χ0) is 11.4. The minimum Gasteiger partial charge on any atom is -0.495 e. The second-order valence-electron chi connectivity index (χ2n) is 3.16. The summed E-state index contributed by atoms with van der Waals surface area (Å²) in [5.74, 6) is -0.981. The van der Waals surface area contributed by atoms with Crippen LogP contribution in [0.1, 0.15) is 24.8 Å². The third kappa shape index (κ3) is 2.42. The van der Waals surface area contributed by atoms with Gasteiger partial charge in [-0.3, -0.25) is 4.79 Å². The minimum absolute atomic E-state index is 0.440. The fraction of sp³-hybridized carbons (Fsp3) is 0.364. The molecule has 0 amide bonds. The number of hydrogen-bond donors (Lipinski definition) is 1. The standard InChI is InChI=1S/C11H13ClO3/c1-3-7(11(13)14)8-5-4-6-9(12)10(8)15-2/h4-7H,3H2,1-2H3,(H,13,14). The smallest absolute Gasteiger partial charge is 0.311 e. The van der Waals surface area contributed by atoms with E-state index in [1.807, 2.05) is 6.92 Å². The number of halogens is 1. The Labute approximate surface area is 93.6 Å². The van der Waals surface area contributed by atoms with Crippen LogP contribution in [0.15, 0.2) is 18.2 Å². The van der Waals surface area contributed by atoms with Crippen LogP contribution < -0.4 is 4.74 Å². The summed E-state index contributed by atoms with van der Waals surface area (Å²) in [7, 11) is 1.49. The van der Waals surface area contributed by atoms with Crippen molar-refractivity contribution in [3.05, 3.63) is 28.8 Å². The predicted octanol–water partition coefficient (Wildman–Crippen LogP) is 2.93. The van der Waals surface area contributed by atoms with Crippen molar-refractivity contribution in [3.63, 3.8) is 0 Å². The molecule has 1 aromatic carbocycles. The Bertz CT molecular complexity index is 363. The maximum absolute atomic E-state index is 11.0. The molecule has 4 heteroatoms. The predicted molar refractivity (Wildman–Crippen MR) is 58.7 cm³/mol. The fourth-order valence-corrected chi connectivity index (χ4v) is 1.80. The molecule has 0 aliphatic carbocycles. The van der Waals surface area contributed by atoms with Crippen molar-refractivity contribution >= 4 is 17.6 Å². The quantitative estimate of drug-likeness (QED) is 0.862. The van der Waals surface area contributed by atoms with E-state index in [-0.39, 0.29) is 0 Å². The third-order valence-corrected chi connectivity index (χ3v) is 2.58. The molecule has 0 bridgehead atoms. The third-order valence-electron chi connectivity index (χ3n) is 2.28. The Hall–Kier alpha value is -1.22. The average Bonchev–Trinajstić information content (AvgIpc) is 2.18. The lowest BCUT2D eigenvalue weighted by atomic mass is 9.96. The van der Waals surface area contributed by atoms with Crippen molar-refractivity contribution < 1.29 is 14.6 Å². The van der Waals surface area contributed by atoms with E-state index in [1.165, 1.54) is 7.11 Å². The number of hydrogen-bond acceptors (Lipinski definition) is 2. The van der Waals surface area contributed by atoms with Gasteiger partial charge in [-0.1, -0.05) is 30.7 Å². The van der Waals surface area contributed by atoms with Crippen LogP contribution in [0.5, 0.6) is 5.75 Å². The molecule has 0 saturated heterocycles. The lowest BCUT2D eigenvalue weighted by Crippen LogP contribution is -2.11. The second kappa shape index (κ2) is 5.03. The van der Waals surface area contributed by atoms with E-state index in [9.17, 15) is 4.79 Å². The second-order valence-corrected chi connectivity index (χ2v) is 3.57. The monoisotopic (exact) mass is 228 g/mol. The molecule has 0 saturated carbocycles. The average molecular weight is 229 g/mol. The zero-order valence-electron chi connectivity index (χ0n) is 8.66. The van der Waals surface area contributed by atoms with Crippen LogP contribution >= 0.6 is 11.6 Å². The molecule has 0 aliphatic heterocycles. The van der Waals surface area contributed by atoms with Crippen LogP contribution in [-0.4, -0.2) is 18.2 Å². The molecule has 1 unspecified atom stereocenters. The van der Waals surface area contributed by atoms with Crippen molar-refractivity contribution in [3.8, 4) is 5.75 Å². The van der Waals surface area contributed by atoms with Gasteiger partial charge in [-0.15, -0.1) is 0 Å². The zero-order valence-corrected chi connectivity index (χ0v) is 9.41. The van der Waals surface area contributed by atoms with Gasteiger partial charge in [0, 0.05) is 5.56 Å². The normalized spacial score (nSPS) is 12.2. The summed E-state index contributed by atoms with van der Waals surface area (Å²) in [6.45, 7) is 1.82. The van der Waals surface area contributed by atoms with Crippen LogP contribution in [0.3, 0.4) is 0 Å². The van der Waals surface area contributed by atoms with Crippen LogP contribution in [0.4, 0.5) is 0 Å². The Morgan fingerprint density at radius 2 is 2.27 bits per heavy atom. The summed E-state index contributed by atoms with van der Waals surface area (Å²) in [6, 6.07) is 5.14. The van der Waals surface area contributed by atoms with Crippen molar-refractivity contribution in [1.82, 2.24) is 0 Å². The molecule has 1 N–H and O–H groups in total. The van der Waals surface area contributed by atoms with Gasteiger partial charge in [0.25, 0.3) is 0 Å². The molecule has 0 aliphatic rings. The number of carbonyl (C=O) groups is 1. The van der Waals surface area contributed by atoms with Crippen molar-refractivity contribution in [1.29, 1.82) is 0 Å². The van der Waals surface area contributed by atoms with Crippen LogP contribution in [-0.2, 0) is 4.79 Å². The summed E-state index contributed by atoms with van der Waals surface area (Å²) in [5.41, 5.74) is 0.625. The number of benzene rings is 1. The maximum Gasteiger partial charge on any atom is 0.311 e. The van der Waals surface area contributed by atoms with Gasteiger partial charge in [0.1, 0.15) is 5.75 Å². The molecule has 0 aromatic heterocycles. The van der Waals surface area contributed by atoms with E-state index in [1.54, 1.807) is 18.2 Å². The first-order valence-corrected chi connectivity index (χ1v) is 5.04.